The fourth-order valence-corrected chi connectivity index (χ4v) is 3.08. The maximum Gasteiger partial charge on any atom is 0.319 e. The number of hydrogen-bond acceptors (Lipinski definition) is 4. The van der Waals surface area contributed by atoms with Crippen molar-refractivity contribution in [1.29, 1.82) is 0 Å². The van der Waals surface area contributed by atoms with Crippen LogP contribution in [0.2, 0.25) is 0 Å². The van der Waals surface area contributed by atoms with E-state index in [1.165, 1.54) is 23.5 Å². The minimum Gasteiger partial charge on any atom is -0.337 e. The summed E-state index contributed by atoms with van der Waals surface area (Å²) in [5.41, 5.74) is 5.43. The number of fused-ring (bicyclic) bond motifs is 1. The number of aromatic nitrogens is 3. The summed E-state index contributed by atoms with van der Waals surface area (Å²) in [6, 6.07) is 11.1. The molecule has 0 spiro atoms. The molecule has 8 heteroatoms. The Kier molecular flexibility index (Phi) is 4.32. The smallest absolute Gasteiger partial charge is 0.319 e. The highest BCUT2D eigenvalue weighted by Gasteiger charge is 2.09. The zero-order valence-corrected chi connectivity index (χ0v) is 14.3. The van der Waals surface area contributed by atoms with Gasteiger partial charge >= 0.3 is 6.03 Å². The minimum atomic E-state index is -0.371. The summed E-state index contributed by atoms with van der Waals surface area (Å²) < 4.78 is 13.1. The van der Waals surface area contributed by atoms with Gasteiger partial charge in [-0.15, -0.1) is 11.3 Å². The second-order valence-corrected chi connectivity index (χ2v) is 6.35. The van der Waals surface area contributed by atoms with E-state index in [2.05, 4.69) is 25.6 Å². The lowest BCUT2D eigenvalue weighted by Crippen LogP contribution is -2.28. The van der Waals surface area contributed by atoms with Crippen LogP contribution in [-0.4, -0.2) is 21.0 Å². The number of urea groups is 1. The highest BCUT2D eigenvalue weighted by atomic mass is 32.1. The van der Waals surface area contributed by atoms with Gasteiger partial charge in [-0.2, -0.15) is 0 Å². The van der Waals surface area contributed by atoms with Crippen LogP contribution in [0, 0.1) is 5.82 Å². The van der Waals surface area contributed by atoms with Gasteiger partial charge in [0.05, 0.1) is 16.5 Å². The second kappa shape index (κ2) is 6.93. The van der Waals surface area contributed by atoms with Gasteiger partial charge in [-0.25, -0.2) is 19.2 Å². The molecule has 2 heterocycles. The molecule has 0 saturated carbocycles. The highest BCUT2D eigenvalue weighted by Crippen LogP contribution is 2.22. The standard InChI is InChI=1S/C18H14FN5OS/c19-12-3-1-2-11(6-12)8-20-18(25)22-13-4-5-14-15(7-13)24-17(23-14)16-9-26-10-21-16/h1-7,9-10H,8H2,(H,23,24)(H2,20,22,25). The Morgan fingerprint density at radius 3 is 2.96 bits per heavy atom. The number of halogens is 1. The molecular weight excluding hydrogens is 353 g/mol. The summed E-state index contributed by atoms with van der Waals surface area (Å²) in [5, 5.41) is 7.36. The Balaban J connectivity index is 1.44. The van der Waals surface area contributed by atoms with Crippen molar-refractivity contribution in [2.24, 2.45) is 0 Å². The zero-order valence-electron chi connectivity index (χ0n) is 13.5. The molecule has 4 aromatic rings. The van der Waals surface area contributed by atoms with E-state index in [1.807, 2.05) is 11.4 Å². The number of H-pyrrole nitrogens is 1. The lowest BCUT2D eigenvalue weighted by atomic mass is 10.2. The maximum atomic E-state index is 13.1. The van der Waals surface area contributed by atoms with Crippen molar-refractivity contribution in [2.45, 2.75) is 6.54 Å². The third-order valence-corrected chi connectivity index (χ3v) is 4.34. The number of nitrogens with one attached hydrogen (secondary N) is 3. The van der Waals surface area contributed by atoms with E-state index in [-0.39, 0.29) is 18.4 Å². The summed E-state index contributed by atoms with van der Waals surface area (Å²) in [6.07, 6.45) is 0. The van der Waals surface area contributed by atoms with Crippen molar-refractivity contribution in [3.05, 3.63) is 64.7 Å². The van der Waals surface area contributed by atoms with Gasteiger partial charge in [0.1, 0.15) is 11.5 Å². The molecule has 4 rings (SSSR count). The molecule has 0 fully saturated rings. The minimum absolute atomic E-state index is 0.238. The summed E-state index contributed by atoms with van der Waals surface area (Å²) in [6.45, 7) is 0.238. The summed E-state index contributed by atoms with van der Waals surface area (Å²) in [5.74, 6) is 0.360. The summed E-state index contributed by atoms with van der Waals surface area (Å²) >= 11 is 1.50. The predicted octanol–water partition coefficient (Wildman–Crippen LogP) is 4.15. The molecule has 6 nitrogen and oxygen atoms in total. The van der Waals surface area contributed by atoms with Gasteiger partial charge in [0.25, 0.3) is 0 Å². The van der Waals surface area contributed by atoms with Crippen molar-refractivity contribution < 1.29 is 9.18 Å². The van der Waals surface area contributed by atoms with E-state index in [4.69, 9.17) is 0 Å². The van der Waals surface area contributed by atoms with Gasteiger partial charge in [0.2, 0.25) is 0 Å². The van der Waals surface area contributed by atoms with E-state index in [0.717, 1.165) is 16.7 Å². The van der Waals surface area contributed by atoms with Crippen LogP contribution in [0.25, 0.3) is 22.6 Å². The van der Waals surface area contributed by atoms with E-state index in [9.17, 15) is 9.18 Å². The number of aromatic amines is 1. The molecule has 0 unspecified atom stereocenters. The van der Waals surface area contributed by atoms with Crippen molar-refractivity contribution in [1.82, 2.24) is 20.3 Å². The number of imidazole rings is 1. The normalized spacial score (nSPS) is 10.8. The van der Waals surface area contributed by atoms with Crippen LogP contribution in [0.4, 0.5) is 14.9 Å². The number of thiazole rings is 1. The van der Waals surface area contributed by atoms with Crippen LogP contribution in [0.5, 0.6) is 0 Å². The summed E-state index contributed by atoms with van der Waals surface area (Å²) in [7, 11) is 0. The van der Waals surface area contributed by atoms with Crippen molar-refractivity contribution >= 4 is 34.1 Å². The van der Waals surface area contributed by atoms with Gasteiger partial charge in [0, 0.05) is 17.6 Å². The number of benzene rings is 2. The first-order chi connectivity index (χ1) is 12.7. The molecule has 26 heavy (non-hydrogen) atoms. The number of anilines is 1. The molecule has 0 saturated heterocycles. The Hall–Kier alpha value is -3.26. The van der Waals surface area contributed by atoms with E-state index < -0.39 is 0 Å². The third-order valence-electron chi connectivity index (χ3n) is 3.76. The Labute approximate surface area is 152 Å². The van der Waals surface area contributed by atoms with Crippen molar-refractivity contribution in [3.63, 3.8) is 0 Å². The van der Waals surface area contributed by atoms with Gasteiger partial charge in [0.15, 0.2) is 5.82 Å². The van der Waals surface area contributed by atoms with Gasteiger partial charge < -0.3 is 15.6 Å². The largest absolute Gasteiger partial charge is 0.337 e. The number of amides is 2. The third kappa shape index (κ3) is 3.55. The number of hydrogen-bond donors (Lipinski definition) is 3. The molecule has 0 radical (unpaired) electrons. The van der Waals surface area contributed by atoms with E-state index in [1.54, 1.807) is 29.8 Å². The lowest BCUT2D eigenvalue weighted by molar-refractivity contribution is 0.251. The number of rotatable bonds is 4. The van der Waals surface area contributed by atoms with Crippen molar-refractivity contribution in [3.8, 4) is 11.5 Å². The number of carbonyl (C=O) groups excluding carboxylic acids is 1. The van der Waals surface area contributed by atoms with Crippen molar-refractivity contribution in [2.75, 3.05) is 5.32 Å². The molecule has 2 amide bonds. The molecule has 0 atom stereocenters. The summed E-state index contributed by atoms with van der Waals surface area (Å²) in [4.78, 5) is 24.0. The molecule has 2 aromatic heterocycles. The second-order valence-electron chi connectivity index (χ2n) is 5.63. The topological polar surface area (TPSA) is 82.7 Å². The first-order valence-electron chi connectivity index (χ1n) is 7.85. The Morgan fingerprint density at radius 1 is 1.23 bits per heavy atom. The molecular formula is C18H14FN5OS. The molecule has 3 N–H and O–H groups in total. The van der Waals surface area contributed by atoms with Crippen LogP contribution in [0.3, 0.4) is 0 Å². The first kappa shape index (κ1) is 16.2. The fraction of sp³-hybridized carbons (Fsp3) is 0.0556. The molecule has 0 bridgehead atoms. The van der Waals surface area contributed by atoms with Crippen LogP contribution in [0.1, 0.15) is 5.56 Å². The van der Waals surface area contributed by atoms with E-state index in [0.29, 0.717) is 17.1 Å². The average Bonchev–Trinajstić information content (AvgIpc) is 3.29. The Morgan fingerprint density at radius 2 is 2.15 bits per heavy atom. The number of nitrogens with zero attached hydrogens (tertiary/aromatic N) is 2. The van der Waals surface area contributed by atoms with Gasteiger partial charge in [-0.05, 0) is 35.9 Å². The monoisotopic (exact) mass is 367 g/mol. The predicted molar refractivity (Wildman–Crippen MR) is 99.5 cm³/mol. The van der Waals surface area contributed by atoms with E-state index >= 15 is 0 Å². The molecule has 130 valence electrons. The Bertz CT molecular complexity index is 1060. The molecule has 0 aliphatic heterocycles. The first-order valence-corrected chi connectivity index (χ1v) is 8.79. The van der Waals surface area contributed by atoms with Crippen LogP contribution < -0.4 is 10.6 Å². The SMILES string of the molecule is O=C(NCc1cccc(F)c1)Nc1ccc2[nH]c(-c3cscn3)nc2c1. The van der Waals surface area contributed by atoms with Crippen LogP contribution >= 0.6 is 11.3 Å². The van der Waals surface area contributed by atoms with Gasteiger partial charge in [-0.3, -0.25) is 0 Å². The average molecular weight is 367 g/mol. The zero-order chi connectivity index (χ0) is 17.9. The van der Waals surface area contributed by atoms with Crippen LogP contribution in [-0.2, 0) is 6.54 Å². The quantitative estimate of drug-likeness (QED) is 0.507. The van der Waals surface area contributed by atoms with Crippen LogP contribution in [0.15, 0.2) is 53.4 Å². The van der Waals surface area contributed by atoms with Gasteiger partial charge in [-0.1, -0.05) is 12.1 Å². The molecule has 0 aliphatic rings. The maximum absolute atomic E-state index is 13.1. The lowest BCUT2D eigenvalue weighted by Gasteiger charge is -2.07. The fourth-order valence-electron chi connectivity index (χ4n) is 2.54. The molecule has 0 aliphatic carbocycles. The number of carbonyl (C=O) groups is 1. The highest BCUT2D eigenvalue weighted by molar-refractivity contribution is 7.07. The molecule has 2 aromatic carbocycles.